The minimum atomic E-state index is -0.271. The second kappa shape index (κ2) is 9.28. The Morgan fingerprint density at radius 2 is 1.97 bits per heavy atom. The van der Waals surface area contributed by atoms with Crippen LogP contribution in [0.4, 0.5) is 0 Å². The Morgan fingerprint density at radius 1 is 1.23 bits per heavy atom. The van der Waals surface area contributed by atoms with Gasteiger partial charge in [-0.1, -0.05) is 25.5 Å². The van der Waals surface area contributed by atoms with E-state index in [1.807, 2.05) is 29.8 Å². The van der Waals surface area contributed by atoms with Crippen LogP contribution in [0.15, 0.2) is 29.1 Å². The number of nitrogens with one attached hydrogen (secondary N) is 1. The van der Waals surface area contributed by atoms with Gasteiger partial charge in [-0.2, -0.15) is 0 Å². The quantitative estimate of drug-likeness (QED) is 0.574. The zero-order valence-corrected chi connectivity index (χ0v) is 19.4. The first-order chi connectivity index (χ1) is 14.6. The number of nitrogens with zero attached hydrogens (tertiary/aromatic N) is 5. The van der Waals surface area contributed by atoms with Gasteiger partial charge in [-0.15, -0.1) is 5.10 Å². The van der Waals surface area contributed by atoms with E-state index in [1.54, 1.807) is 0 Å². The number of aromatic nitrogens is 5. The lowest BCUT2D eigenvalue weighted by Gasteiger charge is -2.35. The van der Waals surface area contributed by atoms with E-state index in [0.29, 0.717) is 25.1 Å². The molecule has 2 heterocycles. The summed E-state index contributed by atoms with van der Waals surface area (Å²) in [7, 11) is 0. The molecule has 8 heteroatoms. The number of aromatic amines is 1. The molecule has 0 saturated heterocycles. The third kappa shape index (κ3) is 5.19. The highest BCUT2D eigenvalue weighted by Gasteiger charge is 2.32. The van der Waals surface area contributed by atoms with E-state index in [2.05, 4.69) is 66.1 Å². The lowest BCUT2D eigenvalue weighted by molar-refractivity contribution is 0.116. The summed E-state index contributed by atoms with van der Waals surface area (Å²) >= 11 is 0. The molecule has 1 atom stereocenters. The van der Waals surface area contributed by atoms with Crippen molar-refractivity contribution in [2.45, 2.75) is 66.1 Å². The molecule has 31 heavy (non-hydrogen) atoms. The van der Waals surface area contributed by atoms with Crippen LogP contribution in [0.2, 0.25) is 0 Å². The largest absolute Gasteiger partial charge is 0.396 e. The number of hydrogen-bond donors (Lipinski definition) is 2. The highest BCUT2D eigenvalue weighted by atomic mass is 16.3. The molecular formula is C23H34N6O2. The average Bonchev–Trinajstić information content (AvgIpc) is 3.16. The van der Waals surface area contributed by atoms with E-state index in [0.717, 1.165) is 22.3 Å². The van der Waals surface area contributed by atoms with Crippen LogP contribution in [0.1, 0.15) is 64.0 Å². The SMILES string of the molecule is Cc1ccc2[nH]c(=O)c(CN(CCCO)C(c3nnnn3C(C)(C)C)C(C)C)cc2c1. The van der Waals surface area contributed by atoms with Gasteiger partial charge in [0.2, 0.25) is 0 Å². The number of benzene rings is 1. The van der Waals surface area contributed by atoms with Crippen molar-refractivity contribution in [2.75, 3.05) is 13.2 Å². The van der Waals surface area contributed by atoms with Gasteiger partial charge in [-0.25, -0.2) is 4.68 Å². The molecule has 8 nitrogen and oxygen atoms in total. The minimum Gasteiger partial charge on any atom is -0.396 e. The van der Waals surface area contributed by atoms with Crippen molar-refractivity contribution in [3.05, 3.63) is 51.6 Å². The van der Waals surface area contributed by atoms with Gasteiger partial charge in [0, 0.05) is 30.8 Å². The van der Waals surface area contributed by atoms with Crippen molar-refractivity contribution >= 4 is 10.9 Å². The van der Waals surface area contributed by atoms with Crippen molar-refractivity contribution in [2.24, 2.45) is 5.92 Å². The Balaban J connectivity index is 2.04. The summed E-state index contributed by atoms with van der Waals surface area (Å²) in [6.45, 7) is 13.7. The monoisotopic (exact) mass is 426 g/mol. The second-order valence-corrected chi connectivity index (χ2v) is 9.57. The molecule has 1 aromatic carbocycles. The zero-order valence-electron chi connectivity index (χ0n) is 19.4. The number of aryl methyl sites for hydroxylation is 1. The molecule has 168 valence electrons. The molecule has 3 aromatic rings. The lowest BCUT2D eigenvalue weighted by Crippen LogP contribution is -2.38. The molecule has 2 N–H and O–H groups in total. The maximum Gasteiger partial charge on any atom is 0.252 e. The van der Waals surface area contributed by atoms with Gasteiger partial charge < -0.3 is 10.1 Å². The molecule has 0 aliphatic heterocycles. The van der Waals surface area contributed by atoms with Gasteiger partial charge in [0.25, 0.3) is 5.56 Å². The van der Waals surface area contributed by atoms with E-state index < -0.39 is 0 Å². The Kier molecular flexibility index (Phi) is 6.91. The summed E-state index contributed by atoms with van der Waals surface area (Å²) in [6.07, 6.45) is 0.602. The van der Waals surface area contributed by atoms with Gasteiger partial charge in [-0.3, -0.25) is 9.69 Å². The Bertz CT molecular complexity index is 1080. The van der Waals surface area contributed by atoms with Crippen LogP contribution in [0.25, 0.3) is 10.9 Å². The number of rotatable bonds is 8. The summed E-state index contributed by atoms with van der Waals surface area (Å²) in [5.74, 6) is 0.973. The molecule has 0 aliphatic carbocycles. The summed E-state index contributed by atoms with van der Waals surface area (Å²) in [6, 6.07) is 7.87. The molecular weight excluding hydrogens is 392 g/mol. The predicted molar refractivity (Wildman–Crippen MR) is 122 cm³/mol. The maximum atomic E-state index is 12.9. The third-order valence-electron chi connectivity index (χ3n) is 5.47. The zero-order chi connectivity index (χ0) is 22.8. The lowest BCUT2D eigenvalue weighted by atomic mass is 9.98. The summed E-state index contributed by atoms with van der Waals surface area (Å²) in [5, 5.41) is 23.1. The number of fused-ring (bicyclic) bond motifs is 1. The third-order valence-corrected chi connectivity index (χ3v) is 5.47. The van der Waals surface area contributed by atoms with Gasteiger partial charge in [0.1, 0.15) is 0 Å². The first kappa shape index (κ1) is 23.1. The van der Waals surface area contributed by atoms with Gasteiger partial charge in [0.05, 0.1) is 11.6 Å². The average molecular weight is 427 g/mol. The fraction of sp³-hybridized carbons (Fsp3) is 0.565. The van der Waals surface area contributed by atoms with Crippen molar-refractivity contribution in [1.82, 2.24) is 30.1 Å². The van der Waals surface area contributed by atoms with Crippen LogP contribution in [0, 0.1) is 12.8 Å². The van der Waals surface area contributed by atoms with Crippen LogP contribution in [-0.2, 0) is 12.1 Å². The van der Waals surface area contributed by atoms with Crippen molar-refractivity contribution < 1.29 is 5.11 Å². The highest BCUT2D eigenvalue weighted by molar-refractivity contribution is 5.79. The van der Waals surface area contributed by atoms with E-state index in [1.165, 1.54) is 0 Å². The molecule has 3 rings (SSSR count). The highest BCUT2D eigenvalue weighted by Crippen LogP contribution is 2.31. The van der Waals surface area contributed by atoms with Crippen molar-refractivity contribution in [1.29, 1.82) is 0 Å². The topological polar surface area (TPSA) is 99.9 Å². The van der Waals surface area contributed by atoms with Crippen LogP contribution >= 0.6 is 0 Å². The van der Waals surface area contributed by atoms with Crippen molar-refractivity contribution in [3.63, 3.8) is 0 Å². The molecule has 0 bridgehead atoms. The van der Waals surface area contributed by atoms with Crippen LogP contribution in [-0.4, -0.2) is 48.3 Å². The predicted octanol–water partition coefficient (Wildman–Crippen LogP) is 3.16. The van der Waals surface area contributed by atoms with Crippen LogP contribution < -0.4 is 5.56 Å². The van der Waals surface area contributed by atoms with E-state index in [-0.39, 0.29) is 29.7 Å². The van der Waals surface area contributed by atoms with Gasteiger partial charge >= 0.3 is 0 Å². The maximum absolute atomic E-state index is 12.9. The molecule has 0 saturated carbocycles. The number of hydrogen-bond acceptors (Lipinski definition) is 6. The second-order valence-electron chi connectivity index (χ2n) is 9.57. The summed E-state index contributed by atoms with van der Waals surface area (Å²) in [5.41, 5.74) is 2.30. The van der Waals surface area contributed by atoms with Crippen LogP contribution in [0.3, 0.4) is 0 Å². The Morgan fingerprint density at radius 3 is 2.61 bits per heavy atom. The number of pyridine rings is 1. The van der Waals surface area contributed by atoms with E-state index in [9.17, 15) is 9.90 Å². The fourth-order valence-corrected chi connectivity index (χ4v) is 4.04. The summed E-state index contributed by atoms with van der Waals surface area (Å²) < 4.78 is 1.86. The number of tetrazole rings is 1. The normalized spacial score (nSPS) is 13.5. The van der Waals surface area contributed by atoms with Crippen molar-refractivity contribution in [3.8, 4) is 0 Å². The molecule has 0 amide bonds. The van der Waals surface area contributed by atoms with Gasteiger partial charge in [0.15, 0.2) is 5.82 Å². The first-order valence-electron chi connectivity index (χ1n) is 10.9. The number of aliphatic hydroxyl groups excluding tert-OH is 1. The Hall–Kier alpha value is -2.58. The van der Waals surface area contributed by atoms with Gasteiger partial charge in [-0.05, 0) is 74.0 Å². The number of H-pyrrole nitrogens is 1. The summed E-state index contributed by atoms with van der Waals surface area (Å²) in [4.78, 5) is 18.1. The fourth-order valence-electron chi connectivity index (χ4n) is 4.04. The molecule has 0 fully saturated rings. The molecule has 2 aromatic heterocycles. The molecule has 1 unspecified atom stereocenters. The molecule has 0 aliphatic rings. The van der Waals surface area contributed by atoms with E-state index >= 15 is 0 Å². The Labute approximate surface area is 183 Å². The minimum absolute atomic E-state index is 0.0821. The smallest absolute Gasteiger partial charge is 0.252 e. The number of aliphatic hydroxyl groups is 1. The molecule has 0 radical (unpaired) electrons. The first-order valence-corrected chi connectivity index (χ1v) is 10.9. The molecule has 0 spiro atoms. The standard InChI is InChI=1S/C23H34N6O2/c1-15(2)20(21-25-26-27-29(21)23(4,5)6)28(10-7-11-30)14-18-13-17-12-16(3)8-9-19(17)24-22(18)31/h8-9,12-13,15,20,30H,7,10-11,14H2,1-6H3,(H,24,31). The van der Waals surface area contributed by atoms with E-state index in [4.69, 9.17) is 0 Å². The van der Waals surface area contributed by atoms with Crippen LogP contribution in [0.5, 0.6) is 0 Å².